The van der Waals surface area contributed by atoms with Crippen molar-refractivity contribution in [3.63, 3.8) is 0 Å². The molecule has 0 atom stereocenters. The predicted octanol–water partition coefficient (Wildman–Crippen LogP) is 10.1. The van der Waals surface area contributed by atoms with Gasteiger partial charge in [0.25, 0.3) is 0 Å². The van der Waals surface area contributed by atoms with E-state index in [0.29, 0.717) is 11.5 Å². The molecule has 0 radical (unpaired) electrons. The van der Waals surface area contributed by atoms with Gasteiger partial charge >= 0.3 is 0 Å². The van der Waals surface area contributed by atoms with Crippen molar-refractivity contribution in [3.8, 4) is 56.8 Å². The number of fused-ring (bicyclic) bond motifs is 3. The van der Waals surface area contributed by atoms with E-state index in [2.05, 4.69) is 108 Å². The average molecular weight is 575 g/mol. The summed E-state index contributed by atoms with van der Waals surface area (Å²) >= 11 is 0. The summed E-state index contributed by atoms with van der Waals surface area (Å²) in [4.78, 5) is 10.5. The summed E-state index contributed by atoms with van der Waals surface area (Å²) in [5.74, 6) is 0.589. The lowest BCUT2D eigenvalue weighted by atomic mass is 9.95. The minimum absolute atomic E-state index is 0.589. The normalized spacial score (nSPS) is 11.1. The molecule has 0 aliphatic rings. The molecule has 0 aliphatic heterocycles. The van der Waals surface area contributed by atoms with E-state index in [1.54, 1.807) is 0 Å². The van der Waals surface area contributed by atoms with Crippen LogP contribution in [0.4, 0.5) is 0 Å². The summed E-state index contributed by atoms with van der Waals surface area (Å²) in [5.41, 5.74) is 10.5. The second-order valence-electron chi connectivity index (χ2n) is 11.0. The molecular weight excluding hydrogens is 548 g/mol. The first-order valence-corrected chi connectivity index (χ1v) is 14.9. The Hall–Kier alpha value is -6.31. The van der Waals surface area contributed by atoms with E-state index in [-0.39, 0.29) is 0 Å². The first-order valence-electron chi connectivity index (χ1n) is 14.9. The van der Waals surface area contributed by atoms with Gasteiger partial charge in [-0.05, 0) is 52.6 Å². The molecule has 0 aliphatic carbocycles. The summed E-state index contributed by atoms with van der Waals surface area (Å²) < 4.78 is 2.18. The SMILES string of the molecule is N#Cc1ccc(-c2cc(-c3ccccc3)nc(-n3c4ccccc4c4c(-c5ccccc5)cccc43)n2)c(-c2ccccc2)c1. The van der Waals surface area contributed by atoms with Crippen LogP contribution in [0, 0.1) is 11.3 Å². The largest absolute Gasteiger partial charge is 0.278 e. The molecule has 0 N–H and O–H groups in total. The molecule has 6 aromatic carbocycles. The Morgan fingerprint density at radius 1 is 0.467 bits per heavy atom. The number of nitriles is 1. The zero-order valence-electron chi connectivity index (χ0n) is 24.3. The fourth-order valence-electron chi connectivity index (χ4n) is 6.22. The maximum Gasteiger partial charge on any atom is 0.235 e. The second-order valence-corrected chi connectivity index (χ2v) is 11.0. The standard InChI is InChI=1S/C41H26N4/c42-27-28-23-24-33(35(25-28)30-15-6-2-7-16-30)37-26-36(31-17-8-3-9-18-31)43-41(44-37)45-38-21-11-10-19-34(38)40-32(20-12-22-39(40)45)29-13-4-1-5-14-29/h1-26H. The molecule has 2 aromatic heterocycles. The van der Waals surface area contributed by atoms with E-state index in [4.69, 9.17) is 9.97 Å². The fourth-order valence-corrected chi connectivity index (χ4v) is 6.22. The molecule has 0 saturated heterocycles. The Kier molecular flexibility index (Phi) is 6.48. The van der Waals surface area contributed by atoms with Gasteiger partial charge in [-0.2, -0.15) is 5.26 Å². The molecule has 8 rings (SSSR count). The lowest BCUT2D eigenvalue weighted by Gasteiger charge is -2.14. The van der Waals surface area contributed by atoms with E-state index in [0.717, 1.165) is 61.0 Å². The van der Waals surface area contributed by atoms with Crippen LogP contribution in [0.1, 0.15) is 5.56 Å². The number of nitrogens with zero attached hydrogens (tertiary/aromatic N) is 4. The third kappa shape index (κ3) is 4.64. The highest BCUT2D eigenvalue weighted by atomic mass is 15.2. The van der Waals surface area contributed by atoms with Crippen LogP contribution >= 0.6 is 0 Å². The van der Waals surface area contributed by atoms with Crippen LogP contribution in [-0.2, 0) is 0 Å². The highest BCUT2D eigenvalue weighted by molar-refractivity contribution is 6.15. The molecule has 4 heteroatoms. The third-order valence-electron chi connectivity index (χ3n) is 8.28. The Bertz CT molecular complexity index is 2370. The summed E-state index contributed by atoms with van der Waals surface area (Å²) in [5, 5.41) is 12.1. The molecule has 0 spiro atoms. The summed E-state index contributed by atoms with van der Waals surface area (Å²) in [6.07, 6.45) is 0. The molecule has 0 bridgehead atoms. The van der Waals surface area contributed by atoms with Crippen molar-refractivity contribution in [3.05, 3.63) is 163 Å². The minimum Gasteiger partial charge on any atom is -0.278 e. The number of rotatable bonds is 5. The molecule has 210 valence electrons. The monoisotopic (exact) mass is 574 g/mol. The van der Waals surface area contributed by atoms with Gasteiger partial charge in [0.15, 0.2) is 0 Å². The van der Waals surface area contributed by atoms with Gasteiger partial charge in [-0.1, -0.05) is 127 Å². The number of para-hydroxylation sites is 1. The molecule has 45 heavy (non-hydrogen) atoms. The molecule has 0 amide bonds. The predicted molar refractivity (Wildman–Crippen MR) is 183 cm³/mol. The average Bonchev–Trinajstić information content (AvgIpc) is 3.47. The fraction of sp³-hybridized carbons (Fsp3) is 0. The van der Waals surface area contributed by atoms with Gasteiger partial charge in [0.1, 0.15) is 0 Å². The Balaban J connectivity index is 1.45. The lowest BCUT2D eigenvalue weighted by Crippen LogP contribution is -2.04. The van der Waals surface area contributed by atoms with Crippen molar-refractivity contribution >= 4 is 21.8 Å². The van der Waals surface area contributed by atoms with Crippen molar-refractivity contribution in [1.29, 1.82) is 5.26 Å². The summed E-state index contributed by atoms with van der Waals surface area (Å²) in [6.45, 7) is 0. The molecule has 4 nitrogen and oxygen atoms in total. The van der Waals surface area contributed by atoms with Gasteiger partial charge in [0.2, 0.25) is 5.95 Å². The van der Waals surface area contributed by atoms with E-state index in [1.807, 2.05) is 60.7 Å². The highest BCUT2D eigenvalue weighted by Gasteiger charge is 2.20. The van der Waals surface area contributed by atoms with Gasteiger partial charge in [0.05, 0.1) is 34.1 Å². The van der Waals surface area contributed by atoms with Crippen molar-refractivity contribution in [1.82, 2.24) is 14.5 Å². The quantitative estimate of drug-likeness (QED) is 0.205. The highest BCUT2D eigenvalue weighted by Crippen LogP contribution is 2.39. The molecular formula is C41H26N4. The van der Waals surface area contributed by atoms with Crippen LogP contribution in [0.3, 0.4) is 0 Å². The van der Waals surface area contributed by atoms with Gasteiger partial charge < -0.3 is 0 Å². The first-order chi connectivity index (χ1) is 22.3. The number of benzene rings is 6. The molecule has 0 fully saturated rings. The van der Waals surface area contributed by atoms with Crippen molar-refractivity contribution in [2.24, 2.45) is 0 Å². The second kappa shape index (κ2) is 11.1. The number of aromatic nitrogens is 3. The Morgan fingerprint density at radius 2 is 1.07 bits per heavy atom. The van der Waals surface area contributed by atoms with E-state index >= 15 is 0 Å². The number of hydrogen-bond donors (Lipinski definition) is 0. The van der Waals surface area contributed by atoms with Gasteiger partial charge in [-0.3, -0.25) is 4.57 Å². The van der Waals surface area contributed by atoms with E-state index in [9.17, 15) is 5.26 Å². The topological polar surface area (TPSA) is 54.5 Å². The maximum absolute atomic E-state index is 9.76. The Labute approximate surface area is 261 Å². The van der Waals surface area contributed by atoms with Crippen LogP contribution < -0.4 is 0 Å². The molecule has 0 unspecified atom stereocenters. The third-order valence-corrected chi connectivity index (χ3v) is 8.28. The van der Waals surface area contributed by atoms with Crippen LogP contribution in [0.25, 0.3) is 72.5 Å². The van der Waals surface area contributed by atoms with E-state index < -0.39 is 0 Å². The van der Waals surface area contributed by atoms with Crippen LogP contribution in [0.2, 0.25) is 0 Å². The van der Waals surface area contributed by atoms with Gasteiger partial charge in [-0.15, -0.1) is 0 Å². The van der Waals surface area contributed by atoms with Crippen LogP contribution in [0.15, 0.2) is 158 Å². The Morgan fingerprint density at radius 3 is 1.78 bits per heavy atom. The summed E-state index contributed by atoms with van der Waals surface area (Å²) in [7, 11) is 0. The zero-order chi connectivity index (χ0) is 30.2. The van der Waals surface area contributed by atoms with Crippen molar-refractivity contribution in [2.45, 2.75) is 0 Å². The maximum atomic E-state index is 9.76. The van der Waals surface area contributed by atoms with Gasteiger partial charge in [-0.25, -0.2) is 9.97 Å². The molecule has 8 aromatic rings. The minimum atomic E-state index is 0.589. The lowest BCUT2D eigenvalue weighted by molar-refractivity contribution is 0.996. The van der Waals surface area contributed by atoms with Crippen LogP contribution in [0.5, 0.6) is 0 Å². The smallest absolute Gasteiger partial charge is 0.235 e. The van der Waals surface area contributed by atoms with Crippen molar-refractivity contribution in [2.75, 3.05) is 0 Å². The zero-order valence-corrected chi connectivity index (χ0v) is 24.3. The first kappa shape index (κ1) is 26.3. The van der Waals surface area contributed by atoms with E-state index in [1.165, 1.54) is 5.56 Å². The van der Waals surface area contributed by atoms with Crippen LogP contribution in [-0.4, -0.2) is 14.5 Å². The van der Waals surface area contributed by atoms with Gasteiger partial charge in [0, 0.05) is 21.9 Å². The van der Waals surface area contributed by atoms with Crippen molar-refractivity contribution < 1.29 is 0 Å². The molecule has 0 saturated carbocycles. The summed E-state index contributed by atoms with van der Waals surface area (Å²) in [6, 6.07) is 56.0. The number of hydrogen-bond acceptors (Lipinski definition) is 3. The molecule has 2 heterocycles.